The molecule has 0 atom stereocenters. The van der Waals surface area contributed by atoms with Gasteiger partial charge in [-0.1, -0.05) is 54.6 Å². The molecule has 0 aliphatic carbocycles. The Morgan fingerprint density at radius 1 is 0.917 bits per heavy atom. The number of thioether (sulfide) groups is 1. The number of aromatic amines is 1. The molecular weight excluding hydrogens is 473 g/mol. The molecule has 3 N–H and O–H groups in total. The van der Waals surface area contributed by atoms with Crippen molar-refractivity contribution in [1.29, 1.82) is 0 Å². The quantitative estimate of drug-likeness (QED) is 0.391. The summed E-state index contributed by atoms with van der Waals surface area (Å²) in [6.45, 7) is 5.35. The highest BCUT2D eigenvalue weighted by atomic mass is 32.2. The van der Waals surface area contributed by atoms with Gasteiger partial charge in [-0.2, -0.15) is 16.9 Å². The molecule has 188 valence electrons. The van der Waals surface area contributed by atoms with Crippen molar-refractivity contribution in [2.75, 3.05) is 31.6 Å². The number of rotatable bonds is 6. The predicted molar refractivity (Wildman–Crippen MR) is 146 cm³/mol. The van der Waals surface area contributed by atoms with E-state index in [0.29, 0.717) is 12.2 Å². The Hall–Kier alpha value is -3.33. The second-order valence-corrected chi connectivity index (χ2v) is 9.30. The third kappa shape index (κ3) is 7.58. The van der Waals surface area contributed by atoms with Crippen molar-refractivity contribution in [2.45, 2.75) is 13.0 Å². The minimum absolute atomic E-state index is 0.239. The van der Waals surface area contributed by atoms with Crippen LogP contribution >= 0.6 is 11.8 Å². The summed E-state index contributed by atoms with van der Waals surface area (Å²) in [5.74, 6) is 3.59. The fourth-order valence-corrected chi connectivity index (χ4v) is 5.00. The average Bonchev–Trinajstić information content (AvgIpc) is 3.40. The van der Waals surface area contributed by atoms with Crippen LogP contribution in [0.15, 0.2) is 72.8 Å². The number of nitrogens with two attached hydrogens (primary N) is 1. The molecule has 4 aromatic rings. The van der Waals surface area contributed by atoms with E-state index in [-0.39, 0.29) is 5.82 Å². The van der Waals surface area contributed by atoms with Crippen LogP contribution in [0.5, 0.6) is 0 Å². The highest BCUT2D eigenvalue weighted by molar-refractivity contribution is 7.99. The van der Waals surface area contributed by atoms with Crippen LogP contribution < -0.4 is 5.73 Å². The first-order valence-corrected chi connectivity index (χ1v) is 12.9. The van der Waals surface area contributed by atoms with Gasteiger partial charge in [0.1, 0.15) is 18.4 Å². The molecule has 3 aromatic carbocycles. The van der Waals surface area contributed by atoms with Crippen LogP contribution in [-0.2, 0) is 17.8 Å². The first kappa shape index (κ1) is 27.3. The number of hydrogen-bond acceptors (Lipinski definition) is 6. The van der Waals surface area contributed by atoms with Gasteiger partial charge in [0.2, 0.25) is 0 Å². The lowest BCUT2D eigenvalue weighted by Gasteiger charge is -2.26. The summed E-state index contributed by atoms with van der Waals surface area (Å²) in [4.78, 5) is 15.1. The molecule has 2 heterocycles. The van der Waals surface area contributed by atoms with Crippen molar-refractivity contribution in [2.24, 2.45) is 5.73 Å². The van der Waals surface area contributed by atoms with E-state index in [4.69, 9.17) is 4.79 Å². The molecule has 1 fully saturated rings. The highest BCUT2D eigenvalue weighted by Gasteiger charge is 2.12. The van der Waals surface area contributed by atoms with E-state index in [1.54, 1.807) is 6.07 Å². The summed E-state index contributed by atoms with van der Waals surface area (Å²) in [7, 11) is 1.50. The minimum Gasteiger partial charge on any atom is -0.333 e. The monoisotopic (exact) mass is 505 g/mol. The normalized spacial score (nSPS) is 13.2. The number of nitrogens with one attached hydrogen (secondary N) is 1. The summed E-state index contributed by atoms with van der Waals surface area (Å²) in [5.41, 5.74) is 10.1. The van der Waals surface area contributed by atoms with E-state index in [1.165, 1.54) is 60.5 Å². The lowest BCUT2D eigenvalue weighted by Crippen LogP contribution is -2.31. The number of H-pyrrole nitrogens is 1. The Labute approximate surface area is 216 Å². The zero-order chi connectivity index (χ0) is 25.8. The van der Waals surface area contributed by atoms with Gasteiger partial charge in [0, 0.05) is 43.1 Å². The van der Waals surface area contributed by atoms with Crippen molar-refractivity contribution in [3.8, 4) is 22.5 Å². The van der Waals surface area contributed by atoms with Crippen LogP contribution in [0.3, 0.4) is 0 Å². The fraction of sp³-hybridized carbons (Fsp3) is 0.250. The van der Waals surface area contributed by atoms with E-state index in [2.05, 4.69) is 74.3 Å². The average molecular weight is 506 g/mol. The van der Waals surface area contributed by atoms with Crippen LogP contribution in [0.4, 0.5) is 4.39 Å². The Bertz CT molecular complexity index is 1210. The first-order valence-electron chi connectivity index (χ1n) is 11.8. The summed E-state index contributed by atoms with van der Waals surface area (Å²) in [5, 5.41) is 7.32. The molecule has 1 aromatic heterocycles. The number of carbonyl (C=O) groups excluding carboxylic acids is 1. The van der Waals surface area contributed by atoms with E-state index < -0.39 is 0 Å². The number of nitrogens with zero attached hydrogens (tertiary/aromatic N) is 3. The van der Waals surface area contributed by atoms with Gasteiger partial charge in [-0.3, -0.25) is 10.00 Å². The van der Waals surface area contributed by atoms with Crippen LogP contribution in [0.2, 0.25) is 0 Å². The van der Waals surface area contributed by atoms with Crippen molar-refractivity contribution in [3.05, 3.63) is 95.6 Å². The smallest absolute Gasteiger partial charge is 0.181 e. The zero-order valence-electron chi connectivity index (χ0n) is 20.5. The molecule has 0 spiro atoms. The largest absolute Gasteiger partial charge is 0.333 e. The molecule has 8 heteroatoms. The number of benzene rings is 3. The Kier molecular flexibility index (Phi) is 10.8. The predicted octanol–water partition coefficient (Wildman–Crippen LogP) is 4.81. The van der Waals surface area contributed by atoms with E-state index in [1.807, 2.05) is 24.6 Å². The molecule has 0 radical (unpaired) electrons. The summed E-state index contributed by atoms with van der Waals surface area (Å²) in [6.07, 6.45) is 0.519. The summed E-state index contributed by atoms with van der Waals surface area (Å²) >= 11 is 2.04. The van der Waals surface area contributed by atoms with E-state index in [0.717, 1.165) is 23.5 Å². The third-order valence-electron chi connectivity index (χ3n) is 5.71. The standard InChI is InChI=1S/C26H25FN4S.CH5N.CH2O/c27-24-6-2-3-19(16-24)17-25-28-26(30-29-25)22-9-7-21(8-10-22)23-5-1-4-20(15-23)18-31-11-13-32-14-12-31;2*1-2/h1-10,15-16H,11-14,17-18H2,(H,28,29,30);2H2,1H3;1H2. The van der Waals surface area contributed by atoms with Gasteiger partial charge in [-0.25, -0.2) is 9.37 Å². The maximum Gasteiger partial charge on any atom is 0.181 e. The molecule has 1 aliphatic heterocycles. The number of carbonyl (C=O) groups is 1. The van der Waals surface area contributed by atoms with E-state index >= 15 is 0 Å². The SMILES string of the molecule is C=O.CN.Fc1cccc(Cc2nc(-c3ccc(-c4cccc(CN5CCSCC5)c4)cc3)n[nH]2)c1. The van der Waals surface area contributed by atoms with Gasteiger partial charge >= 0.3 is 0 Å². The Morgan fingerprint density at radius 2 is 1.58 bits per heavy atom. The maximum atomic E-state index is 13.4. The van der Waals surface area contributed by atoms with Crippen molar-refractivity contribution >= 4 is 18.6 Å². The summed E-state index contributed by atoms with van der Waals surface area (Å²) in [6, 6.07) is 23.7. The van der Waals surface area contributed by atoms with Gasteiger partial charge in [-0.05, 0) is 47.5 Å². The van der Waals surface area contributed by atoms with E-state index in [9.17, 15) is 4.39 Å². The third-order valence-corrected chi connectivity index (χ3v) is 6.65. The van der Waals surface area contributed by atoms with Crippen molar-refractivity contribution in [1.82, 2.24) is 20.1 Å². The fourth-order valence-electron chi connectivity index (χ4n) is 4.02. The Morgan fingerprint density at radius 3 is 2.31 bits per heavy atom. The molecule has 0 saturated carbocycles. The van der Waals surface area contributed by atoms with Gasteiger partial charge in [0.25, 0.3) is 0 Å². The maximum absolute atomic E-state index is 13.4. The molecule has 0 amide bonds. The minimum atomic E-state index is -0.239. The molecule has 1 saturated heterocycles. The van der Waals surface area contributed by atoms with Crippen LogP contribution in [-0.4, -0.2) is 58.5 Å². The Balaban J connectivity index is 0.000000861. The lowest BCUT2D eigenvalue weighted by molar-refractivity contribution is -0.0979. The molecule has 5 rings (SSSR count). The second-order valence-electron chi connectivity index (χ2n) is 8.08. The molecule has 0 bridgehead atoms. The van der Waals surface area contributed by atoms with Crippen LogP contribution in [0.25, 0.3) is 22.5 Å². The van der Waals surface area contributed by atoms with Gasteiger partial charge in [0.15, 0.2) is 5.82 Å². The van der Waals surface area contributed by atoms with Gasteiger partial charge < -0.3 is 10.5 Å². The molecule has 0 unspecified atom stereocenters. The highest BCUT2D eigenvalue weighted by Crippen LogP contribution is 2.25. The first-order chi connectivity index (χ1) is 17.7. The number of halogens is 1. The van der Waals surface area contributed by atoms with Gasteiger partial charge in [-0.15, -0.1) is 0 Å². The topological polar surface area (TPSA) is 87.9 Å². The zero-order valence-corrected chi connectivity index (χ0v) is 21.3. The van der Waals surface area contributed by atoms with Crippen molar-refractivity contribution < 1.29 is 9.18 Å². The van der Waals surface area contributed by atoms with Crippen LogP contribution in [0.1, 0.15) is 17.0 Å². The van der Waals surface area contributed by atoms with Crippen molar-refractivity contribution in [3.63, 3.8) is 0 Å². The number of hydrogen-bond donors (Lipinski definition) is 2. The second kappa shape index (κ2) is 14.3. The van der Waals surface area contributed by atoms with Crippen LogP contribution in [0, 0.1) is 5.82 Å². The lowest BCUT2D eigenvalue weighted by atomic mass is 10.0. The van der Waals surface area contributed by atoms with Gasteiger partial charge in [0.05, 0.1) is 0 Å². The number of aromatic nitrogens is 3. The molecular formula is C28H32FN5OS. The summed E-state index contributed by atoms with van der Waals surface area (Å²) < 4.78 is 13.4. The molecule has 1 aliphatic rings. The molecule has 6 nitrogen and oxygen atoms in total. The molecule has 36 heavy (non-hydrogen) atoms.